The predicted octanol–water partition coefficient (Wildman–Crippen LogP) is 4.93. The molecule has 0 aliphatic carbocycles. The van der Waals surface area contributed by atoms with E-state index < -0.39 is 10.8 Å². The summed E-state index contributed by atoms with van der Waals surface area (Å²) in [6.07, 6.45) is 3.04. The van der Waals surface area contributed by atoms with Crippen molar-refractivity contribution in [3.8, 4) is 0 Å². The zero-order chi connectivity index (χ0) is 20.1. The van der Waals surface area contributed by atoms with Crippen molar-refractivity contribution in [1.29, 1.82) is 0 Å². The van der Waals surface area contributed by atoms with Gasteiger partial charge in [0.05, 0.1) is 4.92 Å². The van der Waals surface area contributed by atoms with Crippen LogP contribution in [-0.2, 0) is 4.79 Å². The standard InChI is InChI=1S/C20H14ClN3O3S/c21-15-9-10-17(18(12-15)24(26)27)22-20(28)23-19(25)11-8-14-6-3-5-13-4-1-2-7-16(13)14/h1-12H,(H2,22,23,25,28). The van der Waals surface area contributed by atoms with Crippen LogP contribution < -0.4 is 10.6 Å². The fraction of sp³-hybridized carbons (Fsp3) is 0. The average molecular weight is 412 g/mol. The summed E-state index contributed by atoms with van der Waals surface area (Å²) in [6.45, 7) is 0. The van der Waals surface area contributed by atoms with Gasteiger partial charge in [-0.15, -0.1) is 0 Å². The second kappa shape index (κ2) is 8.60. The number of halogens is 1. The third-order valence-electron chi connectivity index (χ3n) is 3.88. The first kappa shape index (κ1) is 19.5. The Morgan fingerprint density at radius 1 is 1.11 bits per heavy atom. The highest BCUT2D eigenvalue weighted by molar-refractivity contribution is 7.80. The lowest BCUT2D eigenvalue weighted by molar-refractivity contribution is -0.383. The van der Waals surface area contributed by atoms with Crippen LogP contribution in [0.25, 0.3) is 16.8 Å². The third-order valence-corrected chi connectivity index (χ3v) is 4.32. The summed E-state index contributed by atoms with van der Waals surface area (Å²) in [5.74, 6) is -0.456. The van der Waals surface area contributed by atoms with Crippen molar-refractivity contribution >= 4 is 63.1 Å². The van der Waals surface area contributed by atoms with Gasteiger partial charge in [-0.3, -0.25) is 20.2 Å². The van der Waals surface area contributed by atoms with Gasteiger partial charge in [0.25, 0.3) is 5.69 Å². The van der Waals surface area contributed by atoms with Crippen LogP contribution in [0.2, 0.25) is 5.02 Å². The van der Waals surface area contributed by atoms with Crippen LogP contribution in [0, 0.1) is 10.1 Å². The van der Waals surface area contributed by atoms with Crippen molar-refractivity contribution in [2.24, 2.45) is 0 Å². The molecule has 0 unspecified atom stereocenters. The van der Waals surface area contributed by atoms with E-state index in [9.17, 15) is 14.9 Å². The van der Waals surface area contributed by atoms with Gasteiger partial charge in [0.1, 0.15) is 5.69 Å². The smallest absolute Gasteiger partial charge is 0.294 e. The van der Waals surface area contributed by atoms with Crippen LogP contribution in [-0.4, -0.2) is 15.9 Å². The van der Waals surface area contributed by atoms with Crippen LogP contribution in [0.4, 0.5) is 11.4 Å². The Labute approximate surface area is 171 Å². The number of nitro benzene ring substituents is 1. The first-order chi connectivity index (χ1) is 13.4. The zero-order valence-corrected chi connectivity index (χ0v) is 16.0. The molecule has 0 bridgehead atoms. The van der Waals surface area contributed by atoms with Crippen molar-refractivity contribution in [3.63, 3.8) is 0 Å². The number of benzene rings is 3. The number of thiocarbonyl (C=S) groups is 1. The van der Waals surface area contributed by atoms with Crippen LogP contribution in [0.5, 0.6) is 0 Å². The molecular formula is C20H14ClN3O3S. The van der Waals surface area contributed by atoms with Crippen molar-refractivity contribution < 1.29 is 9.72 Å². The van der Waals surface area contributed by atoms with Gasteiger partial charge in [-0.25, -0.2) is 0 Å². The topological polar surface area (TPSA) is 84.3 Å². The number of anilines is 1. The first-order valence-electron chi connectivity index (χ1n) is 8.16. The summed E-state index contributed by atoms with van der Waals surface area (Å²) >= 11 is 10.8. The quantitative estimate of drug-likeness (QED) is 0.275. The van der Waals surface area contributed by atoms with Gasteiger partial charge in [0.2, 0.25) is 5.91 Å². The molecule has 8 heteroatoms. The fourth-order valence-corrected chi connectivity index (χ4v) is 3.01. The number of hydrogen-bond acceptors (Lipinski definition) is 4. The van der Waals surface area contributed by atoms with Crippen LogP contribution >= 0.6 is 23.8 Å². The Morgan fingerprint density at radius 3 is 2.64 bits per heavy atom. The van der Waals surface area contributed by atoms with Crippen LogP contribution in [0.3, 0.4) is 0 Å². The van der Waals surface area contributed by atoms with E-state index in [2.05, 4.69) is 10.6 Å². The highest BCUT2D eigenvalue weighted by Crippen LogP contribution is 2.27. The molecule has 0 spiro atoms. The van der Waals surface area contributed by atoms with Crippen molar-refractivity contribution in [1.82, 2.24) is 5.32 Å². The minimum atomic E-state index is -0.584. The summed E-state index contributed by atoms with van der Waals surface area (Å²) in [6, 6.07) is 17.8. The molecule has 3 aromatic carbocycles. The second-order valence-electron chi connectivity index (χ2n) is 5.76. The molecule has 3 rings (SSSR count). The summed E-state index contributed by atoms with van der Waals surface area (Å²) in [5, 5.41) is 18.5. The number of nitrogens with one attached hydrogen (secondary N) is 2. The summed E-state index contributed by atoms with van der Waals surface area (Å²) in [5.41, 5.74) is 0.786. The number of amides is 1. The zero-order valence-electron chi connectivity index (χ0n) is 14.4. The van der Waals surface area contributed by atoms with Gasteiger partial charge >= 0.3 is 0 Å². The molecule has 28 heavy (non-hydrogen) atoms. The molecule has 0 aliphatic heterocycles. The molecule has 0 fully saturated rings. The van der Waals surface area contributed by atoms with Crippen molar-refractivity contribution in [2.75, 3.05) is 5.32 Å². The largest absolute Gasteiger partial charge is 0.327 e. The fourth-order valence-electron chi connectivity index (χ4n) is 2.63. The molecule has 0 aromatic heterocycles. The second-order valence-corrected chi connectivity index (χ2v) is 6.61. The van der Waals surface area contributed by atoms with Crippen LogP contribution in [0.1, 0.15) is 5.56 Å². The molecule has 0 radical (unpaired) electrons. The Kier molecular flexibility index (Phi) is 5.98. The monoisotopic (exact) mass is 411 g/mol. The minimum Gasteiger partial charge on any atom is -0.327 e. The van der Waals surface area contributed by atoms with Crippen molar-refractivity contribution in [2.45, 2.75) is 0 Å². The van der Waals surface area contributed by atoms with Gasteiger partial charge < -0.3 is 5.32 Å². The maximum absolute atomic E-state index is 12.1. The molecule has 0 saturated carbocycles. The van der Waals surface area contributed by atoms with E-state index in [4.69, 9.17) is 23.8 Å². The molecular weight excluding hydrogens is 398 g/mol. The van der Waals surface area contributed by atoms with Gasteiger partial charge in [-0.05, 0) is 46.8 Å². The number of nitro groups is 1. The average Bonchev–Trinajstić information content (AvgIpc) is 2.67. The summed E-state index contributed by atoms with van der Waals surface area (Å²) in [7, 11) is 0. The van der Waals surface area contributed by atoms with Gasteiger partial charge in [-0.1, -0.05) is 54.1 Å². The summed E-state index contributed by atoms with van der Waals surface area (Å²) in [4.78, 5) is 22.7. The SMILES string of the molecule is O=C(C=Cc1cccc2ccccc12)NC(=S)Nc1ccc(Cl)cc1[N+](=O)[O-]. The van der Waals surface area contributed by atoms with Gasteiger partial charge in [0, 0.05) is 17.2 Å². The normalized spacial score (nSPS) is 10.8. The highest BCUT2D eigenvalue weighted by Gasteiger charge is 2.15. The number of fused-ring (bicyclic) bond motifs is 1. The molecule has 0 atom stereocenters. The Hall–Kier alpha value is -3.29. The molecule has 1 amide bonds. The third kappa shape index (κ3) is 4.70. The van der Waals surface area contributed by atoms with E-state index in [-0.39, 0.29) is 21.5 Å². The molecule has 2 N–H and O–H groups in total. The molecule has 3 aromatic rings. The maximum atomic E-state index is 12.1. The van der Waals surface area contributed by atoms with E-state index in [0.29, 0.717) is 0 Å². The number of hydrogen-bond donors (Lipinski definition) is 2. The molecule has 0 heterocycles. The molecule has 140 valence electrons. The van der Waals surface area contributed by atoms with E-state index in [1.54, 1.807) is 6.08 Å². The number of rotatable bonds is 4. The van der Waals surface area contributed by atoms with Crippen LogP contribution in [0.15, 0.2) is 66.7 Å². The molecule has 0 aliphatic rings. The van der Waals surface area contributed by atoms with Gasteiger partial charge in [-0.2, -0.15) is 0 Å². The van der Waals surface area contributed by atoms with Crippen molar-refractivity contribution in [3.05, 3.63) is 87.4 Å². The lowest BCUT2D eigenvalue weighted by atomic mass is 10.0. The van der Waals surface area contributed by atoms with E-state index >= 15 is 0 Å². The highest BCUT2D eigenvalue weighted by atomic mass is 35.5. The van der Waals surface area contributed by atoms with E-state index in [1.807, 2.05) is 42.5 Å². The molecule has 6 nitrogen and oxygen atoms in total. The number of nitrogens with zero attached hydrogens (tertiary/aromatic N) is 1. The Bertz CT molecular complexity index is 1110. The first-order valence-corrected chi connectivity index (χ1v) is 8.94. The molecule has 0 saturated heterocycles. The Balaban J connectivity index is 1.69. The number of carbonyl (C=O) groups excluding carboxylic acids is 1. The maximum Gasteiger partial charge on any atom is 0.294 e. The summed E-state index contributed by atoms with van der Waals surface area (Å²) < 4.78 is 0. The Morgan fingerprint density at radius 2 is 1.86 bits per heavy atom. The predicted molar refractivity (Wildman–Crippen MR) is 115 cm³/mol. The van der Waals surface area contributed by atoms with E-state index in [0.717, 1.165) is 16.3 Å². The minimum absolute atomic E-state index is 0.0574. The van der Waals surface area contributed by atoms with Gasteiger partial charge in [0.15, 0.2) is 5.11 Å². The lowest BCUT2D eigenvalue weighted by Crippen LogP contribution is -2.33. The lowest BCUT2D eigenvalue weighted by Gasteiger charge is -2.09. The van der Waals surface area contributed by atoms with E-state index in [1.165, 1.54) is 24.3 Å². The number of carbonyl (C=O) groups is 1.